The topological polar surface area (TPSA) is 142 Å². The second-order valence-corrected chi connectivity index (χ2v) is 4.25. The highest BCUT2D eigenvalue weighted by Gasteiger charge is 2.18. The van der Waals surface area contributed by atoms with E-state index in [1.807, 2.05) is 6.92 Å². The van der Waals surface area contributed by atoms with Gasteiger partial charge in [0.2, 0.25) is 0 Å². The van der Waals surface area contributed by atoms with Gasteiger partial charge in [-0.05, 0) is 18.0 Å². The highest BCUT2D eigenvalue weighted by Crippen LogP contribution is 2.16. The zero-order chi connectivity index (χ0) is 13.8. The lowest BCUT2D eigenvalue weighted by molar-refractivity contribution is 0.102. The summed E-state index contributed by atoms with van der Waals surface area (Å²) in [4.78, 5) is 12.5. The van der Waals surface area contributed by atoms with E-state index >= 15 is 0 Å². The van der Waals surface area contributed by atoms with Crippen LogP contribution in [0.2, 0.25) is 0 Å². The molecule has 2 aromatic heterocycles. The van der Waals surface area contributed by atoms with Crippen LogP contribution in [0.15, 0.2) is 11.4 Å². The van der Waals surface area contributed by atoms with Gasteiger partial charge in [0.15, 0.2) is 5.84 Å². The van der Waals surface area contributed by atoms with Crippen molar-refractivity contribution in [2.24, 2.45) is 10.9 Å². The van der Waals surface area contributed by atoms with E-state index in [-0.39, 0.29) is 17.6 Å². The Morgan fingerprint density at radius 3 is 3.16 bits per heavy atom. The molecule has 0 aliphatic carbocycles. The van der Waals surface area contributed by atoms with Gasteiger partial charge in [-0.2, -0.15) is 5.10 Å². The van der Waals surface area contributed by atoms with Crippen LogP contribution in [0.5, 0.6) is 0 Å². The smallest absolute Gasteiger partial charge is 0.270 e. The first-order valence-electron chi connectivity index (χ1n) is 5.31. The highest BCUT2D eigenvalue weighted by atomic mass is 32.1. The molecule has 0 unspecified atom stereocenters. The fourth-order valence-corrected chi connectivity index (χ4v) is 2.06. The number of nitrogens with zero attached hydrogens (tertiary/aromatic N) is 4. The fourth-order valence-electron chi connectivity index (χ4n) is 1.41. The Bertz CT molecular complexity index is 618. The van der Waals surface area contributed by atoms with Gasteiger partial charge in [-0.1, -0.05) is 16.6 Å². The van der Waals surface area contributed by atoms with Crippen molar-refractivity contribution < 1.29 is 10.0 Å². The SMILES string of the molecule is CCc1nnsc1C(=O)Nc1[nH]ncc1C(N)=NO. The molecule has 0 aromatic carbocycles. The third-order valence-corrected chi connectivity index (χ3v) is 3.13. The monoisotopic (exact) mass is 281 g/mol. The maximum absolute atomic E-state index is 12.0. The standard InChI is InChI=1S/C9H11N7O2S/c1-2-5-6(19-16-13-5)9(17)12-8-4(3-11-14-8)7(10)15-18/h3,18H,2H2,1H3,(H2,10,15)(H2,11,12,14,17). The molecule has 0 radical (unpaired) electrons. The van der Waals surface area contributed by atoms with Crippen molar-refractivity contribution >= 4 is 29.1 Å². The Labute approximate surface area is 111 Å². The van der Waals surface area contributed by atoms with E-state index in [0.717, 1.165) is 11.5 Å². The van der Waals surface area contributed by atoms with E-state index in [1.165, 1.54) is 6.20 Å². The Kier molecular flexibility index (Phi) is 3.71. The molecule has 0 aliphatic heterocycles. The van der Waals surface area contributed by atoms with Gasteiger partial charge in [-0.15, -0.1) is 5.10 Å². The van der Waals surface area contributed by atoms with Crippen LogP contribution >= 0.6 is 11.5 Å². The lowest BCUT2D eigenvalue weighted by Gasteiger charge is -2.03. The number of carbonyl (C=O) groups is 1. The molecular formula is C9H11N7O2S. The average molecular weight is 281 g/mol. The average Bonchev–Trinajstić information content (AvgIpc) is 3.05. The largest absolute Gasteiger partial charge is 0.409 e. The summed E-state index contributed by atoms with van der Waals surface area (Å²) in [5, 5.41) is 24.2. The summed E-state index contributed by atoms with van der Waals surface area (Å²) in [5.41, 5.74) is 6.37. The number of H-pyrrole nitrogens is 1. The predicted octanol–water partition coefficient (Wildman–Crippen LogP) is 0.170. The number of amidine groups is 1. The minimum atomic E-state index is -0.372. The quantitative estimate of drug-likeness (QED) is 0.272. The van der Waals surface area contributed by atoms with Crippen LogP contribution in [0, 0.1) is 0 Å². The number of aryl methyl sites for hydroxylation is 1. The van der Waals surface area contributed by atoms with Crippen LogP contribution in [-0.4, -0.2) is 36.7 Å². The van der Waals surface area contributed by atoms with E-state index in [0.29, 0.717) is 22.6 Å². The van der Waals surface area contributed by atoms with E-state index in [2.05, 4.69) is 30.3 Å². The lowest BCUT2D eigenvalue weighted by atomic mass is 10.2. The van der Waals surface area contributed by atoms with E-state index < -0.39 is 0 Å². The molecule has 0 atom stereocenters. The number of carbonyl (C=O) groups excluding carboxylic acids is 1. The normalized spacial score (nSPS) is 11.5. The first-order valence-corrected chi connectivity index (χ1v) is 6.08. The van der Waals surface area contributed by atoms with Gasteiger partial charge >= 0.3 is 0 Å². The van der Waals surface area contributed by atoms with E-state index in [1.54, 1.807) is 0 Å². The van der Waals surface area contributed by atoms with Crippen LogP contribution in [-0.2, 0) is 6.42 Å². The molecule has 2 rings (SSSR count). The zero-order valence-corrected chi connectivity index (χ0v) is 10.7. The third-order valence-electron chi connectivity index (χ3n) is 2.36. The maximum Gasteiger partial charge on any atom is 0.270 e. The van der Waals surface area contributed by atoms with Gasteiger partial charge in [-0.25, -0.2) is 0 Å². The number of hydrogen-bond donors (Lipinski definition) is 4. The molecule has 100 valence electrons. The number of nitrogens with one attached hydrogen (secondary N) is 2. The van der Waals surface area contributed by atoms with Crippen molar-refractivity contribution in [2.75, 3.05) is 5.32 Å². The minimum Gasteiger partial charge on any atom is -0.409 e. The number of oxime groups is 1. The van der Waals surface area contributed by atoms with E-state index in [4.69, 9.17) is 10.9 Å². The summed E-state index contributed by atoms with van der Waals surface area (Å²) >= 11 is 1.01. The van der Waals surface area contributed by atoms with Gasteiger partial charge in [0, 0.05) is 0 Å². The molecule has 10 heteroatoms. The number of hydrogen-bond acceptors (Lipinski definition) is 7. The molecule has 0 bridgehead atoms. The third kappa shape index (κ3) is 2.52. The lowest BCUT2D eigenvalue weighted by Crippen LogP contribution is -2.18. The first-order chi connectivity index (χ1) is 9.17. The molecule has 2 heterocycles. The molecule has 0 aliphatic rings. The Hall–Kier alpha value is -2.49. The van der Waals surface area contributed by atoms with Crippen LogP contribution in [0.4, 0.5) is 5.82 Å². The summed E-state index contributed by atoms with van der Waals surface area (Å²) in [6, 6.07) is 0. The zero-order valence-electron chi connectivity index (χ0n) is 9.91. The Morgan fingerprint density at radius 2 is 2.47 bits per heavy atom. The summed E-state index contributed by atoms with van der Waals surface area (Å²) < 4.78 is 3.73. The summed E-state index contributed by atoms with van der Waals surface area (Å²) in [6.45, 7) is 1.88. The summed E-state index contributed by atoms with van der Waals surface area (Å²) in [7, 11) is 0. The number of aromatic nitrogens is 4. The highest BCUT2D eigenvalue weighted by molar-refractivity contribution is 7.08. The Balaban J connectivity index is 2.23. The molecular weight excluding hydrogens is 270 g/mol. The van der Waals surface area contributed by atoms with E-state index in [9.17, 15) is 4.79 Å². The van der Waals surface area contributed by atoms with Crippen molar-refractivity contribution in [3.05, 3.63) is 22.3 Å². The van der Waals surface area contributed by atoms with Gasteiger partial charge in [0.1, 0.15) is 10.7 Å². The molecule has 19 heavy (non-hydrogen) atoms. The number of nitrogens with two attached hydrogens (primary N) is 1. The van der Waals surface area contributed by atoms with Crippen LogP contribution in [0.25, 0.3) is 0 Å². The molecule has 5 N–H and O–H groups in total. The molecule has 2 aromatic rings. The van der Waals surface area contributed by atoms with Crippen LogP contribution < -0.4 is 11.1 Å². The number of anilines is 1. The molecule has 0 spiro atoms. The molecule has 0 saturated carbocycles. The molecule has 9 nitrogen and oxygen atoms in total. The number of aromatic amines is 1. The second-order valence-electron chi connectivity index (χ2n) is 3.50. The predicted molar refractivity (Wildman–Crippen MR) is 68.3 cm³/mol. The fraction of sp³-hybridized carbons (Fsp3) is 0.222. The van der Waals surface area contributed by atoms with Crippen molar-refractivity contribution in [2.45, 2.75) is 13.3 Å². The van der Waals surface area contributed by atoms with Crippen LogP contribution in [0.1, 0.15) is 27.9 Å². The van der Waals surface area contributed by atoms with Crippen molar-refractivity contribution in [3.8, 4) is 0 Å². The number of amides is 1. The van der Waals surface area contributed by atoms with Gasteiger partial charge in [-0.3, -0.25) is 9.89 Å². The van der Waals surface area contributed by atoms with Crippen molar-refractivity contribution in [1.82, 2.24) is 19.8 Å². The van der Waals surface area contributed by atoms with Crippen LogP contribution in [0.3, 0.4) is 0 Å². The van der Waals surface area contributed by atoms with Gasteiger partial charge in [0.25, 0.3) is 5.91 Å². The van der Waals surface area contributed by atoms with Gasteiger partial charge < -0.3 is 16.3 Å². The Morgan fingerprint density at radius 1 is 1.68 bits per heavy atom. The van der Waals surface area contributed by atoms with Gasteiger partial charge in [0.05, 0.1) is 17.5 Å². The first kappa shape index (κ1) is 13.0. The molecule has 0 saturated heterocycles. The minimum absolute atomic E-state index is 0.151. The molecule has 0 fully saturated rings. The van der Waals surface area contributed by atoms with Crippen molar-refractivity contribution in [1.29, 1.82) is 0 Å². The molecule has 1 amide bonds. The summed E-state index contributed by atoms with van der Waals surface area (Å²) in [6.07, 6.45) is 1.95. The second kappa shape index (κ2) is 5.44. The van der Waals surface area contributed by atoms with Crippen molar-refractivity contribution in [3.63, 3.8) is 0 Å². The summed E-state index contributed by atoms with van der Waals surface area (Å²) in [5.74, 6) is -0.277. The number of rotatable bonds is 4. The maximum atomic E-state index is 12.0.